The predicted octanol–water partition coefficient (Wildman–Crippen LogP) is 1.90. The number of nitrogens with one attached hydrogen (secondary N) is 2. The molecule has 0 aliphatic heterocycles. The smallest absolute Gasteiger partial charge is 0.307 e. The molecule has 0 radical (unpaired) electrons. The van der Waals surface area contributed by atoms with Gasteiger partial charge in [-0.15, -0.1) is 0 Å². The van der Waals surface area contributed by atoms with Gasteiger partial charge in [-0.2, -0.15) is 0 Å². The Morgan fingerprint density at radius 3 is 2.32 bits per heavy atom. The molecule has 2 atom stereocenters. The van der Waals surface area contributed by atoms with Crippen LogP contribution in [0.2, 0.25) is 0 Å². The molecule has 0 bridgehead atoms. The van der Waals surface area contributed by atoms with Crippen molar-refractivity contribution in [2.45, 2.75) is 26.7 Å². The maximum Gasteiger partial charge on any atom is 0.307 e. The minimum absolute atomic E-state index is 0.324. The topological polar surface area (TPSA) is 105 Å². The first-order chi connectivity index (χ1) is 11.8. The summed E-state index contributed by atoms with van der Waals surface area (Å²) in [6.07, 6.45) is 0.701. The fourth-order valence-corrected chi connectivity index (χ4v) is 2.88. The Bertz CT molecular complexity index is 726. The van der Waals surface area contributed by atoms with E-state index in [-0.39, 0.29) is 0 Å². The molecule has 0 fully saturated rings. The number of carbonyl (C=O) groups excluding carboxylic acids is 2. The average molecular weight is 346 g/mol. The summed E-state index contributed by atoms with van der Waals surface area (Å²) in [7, 11) is 1.49. The highest BCUT2D eigenvalue weighted by Crippen LogP contribution is 2.34. The summed E-state index contributed by atoms with van der Waals surface area (Å²) in [5, 5.41) is 9.37. The standard InChI is InChI=1S/C18H22N2O5/c1-10-7-14(15(18(23)24)8-11(10)2)17(22)20-19-16(21)12-5-4-6-13(9-12)25-3/h4-6,9,14-15H,7-8H2,1-3H3,(H,19,21)(H,20,22)(H,23,24)/t14-,15-/m1/s1. The van der Waals surface area contributed by atoms with Crippen LogP contribution in [0.15, 0.2) is 35.4 Å². The summed E-state index contributed by atoms with van der Waals surface area (Å²) in [6.45, 7) is 3.77. The third-order valence-corrected chi connectivity index (χ3v) is 4.55. The molecule has 0 heterocycles. The highest BCUT2D eigenvalue weighted by atomic mass is 16.5. The Labute approximate surface area is 146 Å². The van der Waals surface area contributed by atoms with E-state index in [1.54, 1.807) is 24.3 Å². The molecule has 7 nitrogen and oxygen atoms in total. The van der Waals surface area contributed by atoms with Crippen molar-refractivity contribution in [2.24, 2.45) is 11.8 Å². The fourth-order valence-electron chi connectivity index (χ4n) is 2.88. The lowest BCUT2D eigenvalue weighted by Gasteiger charge is -2.29. The molecule has 0 saturated carbocycles. The molecule has 2 amide bonds. The van der Waals surface area contributed by atoms with Gasteiger partial charge in [0, 0.05) is 5.56 Å². The van der Waals surface area contributed by atoms with Gasteiger partial charge in [0.25, 0.3) is 5.91 Å². The number of hydrazine groups is 1. The monoisotopic (exact) mass is 346 g/mol. The summed E-state index contributed by atoms with van der Waals surface area (Å²) >= 11 is 0. The molecule has 1 aromatic rings. The Balaban J connectivity index is 2.03. The van der Waals surface area contributed by atoms with Crippen molar-refractivity contribution < 1.29 is 24.2 Å². The van der Waals surface area contributed by atoms with E-state index in [0.717, 1.165) is 11.1 Å². The Kier molecular flexibility index (Phi) is 5.80. The zero-order valence-corrected chi connectivity index (χ0v) is 14.5. The lowest BCUT2D eigenvalue weighted by Crippen LogP contribution is -2.48. The van der Waals surface area contributed by atoms with Crippen LogP contribution in [0, 0.1) is 11.8 Å². The maximum absolute atomic E-state index is 12.4. The summed E-state index contributed by atoms with van der Waals surface area (Å²) in [6, 6.07) is 6.49. The van der Waals surface area contributed by atoms with Crippen molar-refractivity contribution in [2.75, 3.05) is 7.11 Å². The minimum Gasteiger partial charge on any atom is -0.497 e. The van der Waals surface area contributed by atoms with Crippen molar-refractivity contribution in [1.29, 1.82) is 0 Å². The molecule has 0 spiro atoms. The van der Waals surface area contributed by atoms with E-state index in [1.807, 2.05) is 13.8 Å². The highest BCUT2D eigenvalue weighted by Gasteiger charge is 2.37. The second kappa shape index (κ2) is 7.83. The number of amides is 2. The summed E-state index contributed by atoms with van der Waals surface area (Å²) in [5.74, 6) is -3.00. The first kappa shape index (κ1) is 18.5. The molecule has 0 unspecified atom stereocenters. The zero-order valence-electron chi connectivity index (χ0n) is 14.5. The van der Waals surface area contributed by atoms with E-state index in [4.69, 9.17) is 4.74 Å². The van der Waals surface area contributed by atoms with E-state index >= 15 is 0 Å². The van der Waals surface area contributed by atoms with Crippen LogP contribution in [0.4, 0.5) is 0 Å². The number of carbonyl (C=O) groups is 3. The third kappa shape index (κ3) is 4.37. The fraction of sp³-hybridized carbons (Fsp3) is 0.389. The summed E-state index contributed by atoms with van der Waals surface area (Å²) in [5.41, 5.74) is 7.01. The van der Waals surface area contributed by atoms with Crippen LogP contribution in [0.3, 0.4) is 0 Å². The molecular weight excluding hydrogens is 324 g/mol. The number of carboxylic acid groups (broad SMARTS) is 1. The molecule has 0 saturated heterocycles. The van der Waals surface area contributed by atoms with Gasteiger partial charge in [0.2, 0.25) is 5.91 Å². The Morgan fingerprint density at radius 1 is 1.08 bits per heavy atom. The van der Waals surface area contributed by atoms with Crippen LogP contribution < -0.4 is 15.6 Å². The number of methoxy groups -OCH3 is 1. The second-order valence-electron chi connectivity index (χ2n) is 6.20. The molecule has 134 valence electrons. The molecule has 7 heteroatoms. The van der Waals surface area contributed by atoms with E-state index in [1.165, 1.54) is 7.11 Å². The predicted molar refractivity (Wildman–Crippen MR) is 90.8 cm³/mol. The first-order valence-corrected chi connectivity index (χ1v) is 7.95. The molecule has 1 aliphatic carbocycles. The normalized spacial score (nSPS) is 20.0. The molecule has 1 aromatic carbocycles. The van der Waals surface area contributed by atoms with Gasteiger partial charge in [0.15, 0.2) is 0 Å². The van der Waals surface area contributed by atoms with Gasteiger partial charge < -0.3 is 9.84 Å². The number of benzene rings is 1. The number of hydrogen-bond acceptors (Lipinski definition) is 4. The number of hydrogen-bond donors (Lipinski definition) is 3. The van der Waals surface area contributed by atoms with Crippen molar-refractivity contribution >= 4 is 17.8 Å². The average Bonchev–Trinajstić information content (AvgIpc) is 2.61. The Morgan fingerprint density at radius 2 is 1.72 bits per heavy atom. The zero-order chi connectivity index (χ0) is 18.6. The molecular formula is C18H22N2O5. The third-order valence-electron chi connectivity index (χ3n) is 4.55. The van der Waals surface area contributed by atoms with Gasteiger partial charge in [0.05, 0.1) is 18.9 Å². The van der Waals surface area contributed by atoms with Crippen LogP contribution >= 0.6 is 0 Å². The SMILES string of the molecule is COc1cccc(C(=O)NNC(=O)[C@@H]2CC(C)=C(C)C[C@H]2C(=O)O)c1. The van der Waals surface area contributed by atoms with Crippen LogP contribution in [0.1, 0.15) is 37.0 Å². The second-order valence-corrected chi connectivity index (χ2v) is 6.20. The first-order valence-electron chi connectivity index (χ1n) is 7.95. The number of rotatable bonds is 4. The molecule has 0 aromatic heterocycles. The molecule has 25 heavy (non-hydrogen) atoms. The van der Waals surface area contributed by atoms with E-state index in [2.05, 4.69) is 10.9 Å². The van der Waals surface area contributed by atoms with Crippen molar-refractivity contribution in [3.63, 3.8) is 0 Å². The number of carboxylic acids is 1. The van der Waals surface area contributed by atoms with Crippen LogP contribution in [0.5, 0.6) is 5.75 Å². The van der Waals surface area contributed by atoms with E-state index < -0.39 is 29.6 Å². The maximum atomic E-state index is 12.4. The highest BCUT2D eigenvalue weighted by molar-refractivity contribution is 5.96. The van der Waals surface area contributed by atoms with E-state index in [9.17, 15) is 19.5 Å². The van der Waals surface area contributed by atoms with Gasteiger partial charge >= 0.3 is 5.97 Å². The summed E-state index contributed by atoms with van der Waals surface area (Å²) < 4.78 is 5.05. The number of ether oxygens (including phenoxy) is 1. The lowest BCUT2D eigenvalue weighted by molar-refractivity contribution is -0.147. The van der Waals surface area contributed by atoms with Crippen molar-refractivity contribution in [1.82, 2.24) is 10.9 Å². The Hall–Kier alpha value is -2.83. The van der Waals surface area contributed by atoms with Crippen molar-refractivity contribution in [3.8, 4) is 5.75 Å². The molecule has 3 N–H and O–H groups in total. The number of aliphatic carboxylic acids is 1. The van der Waals surface area contributed by atoms with Crippen LogP contribution in [-0.4, -0.2) is 30.0 Å². The van der Waals surface area contributed by atoms with Gasteiger partial charge in [-0.05, 0) is 44.9 Å². The van der Waals surface area contributed by atoms with Gasteiger partial charge in [-0.25, -0.2) is 0 Å². The van der Waals surface area contributed by atoms with Gasteiger partial charge in [-0.3, -0.25) is 25.2 Å². The lowest BCUT2D eigenvalue weighted by atomic mass is 9.76. The van der Waals surface area contributed by atoms with Crippen molar-refractivity contribution in [3.05, 3.63) is 41.0 Å². The van der Waals surface area contributed by atoms with Crippen LogP contribution in [-0.2, 0) is 9.59 Å². The quantitative estimate of drug-likeness (QED) is 0.570. The van der Waals surface area contributed by atoms with E-state index in [0.29, 0.717) is 24.2 Å². The largest absolute Gasteiger partial charge is 0.497 e. The van der Waals surface area contributed by atoms with Crippen LogP contribution in [0.25, 0.3) is 0 Å². The van der Waals surface area contributed by atoms with Gasteiger partial charge in [0.1, 0.15) is 5.75 Å². The minimum atomic E-state index is -1.01. The summed E-state index contributed by atoms with van der Waals surface area (Å²) in [4.78, 5) is 36.0. The van der Waals surface area contributed by atoms with Gasteiger partial charge in [-0.1, -0.05) is 17.2 Å². The molecule has 1 aliphatic rings. The molecule has 2 rings (SSSR count). The number of allylic oxidation sites excluding steroid dienone is 2.